The second kappa shape index (κ2) is 6.28. The van der Waals surface area contributed by atoms with Gasteiger partial charge in [0.2, 0.25) is 5.91 Å². The highest BCUT2D eigenvalue weighted by Crippen LogP contribution is 2.08. The van der Waals surface area contributed by atoms with Gasteiger partial charge in [0.25, 0.3) is 0 Å². The van der Waals surface area contributed by atoms with Gasteiger partial charge in [-0.15, -0.1) is 0 Å². The Bertz CT molecular complexity index is 350. The summed E-state index contributed by atoms with van der Waals surface area (Å²) in [5.41, 5.74) is 7.68. The van der Waals surface area contributed by atoms with Crippen LogP contribution in [0.25, 0.3) is 0 Å². The summed E-state index contributed by atoms with van der Waals surface area (Å²) in [5.74, 6) is 0.0650. The molecule has 0 aliphatic rings. The third-order valence-electron chi connectivity index (χ3n) is 2.71. The number of hydrogen-bond acceptors (Lipinski definition) is 2. The number of carbonyl (C=O) groups is 1. The highest BCUT2D eigenvalue weighted by Gasteiger charge is 2.08. The number of nitrogens with two attached hydrogens (primary N) is 1. The van der Waals surface area contributed by atoms with Crippen molar-refractivity contribution in [2.75, 3.05) is 0 Å². The zero-order valence-electron chi connectivity index (χ0n) is 9.99. The molecule has 1 aromatic carbocycles. The highest BCUT2D eigenvalue weighted by atomic mass is 16.1. The fourth-order valence-corrected chi connectivity index (χ4v) is 1.53. The van der Waals surface area contributed by atoms with E-state index >= 15 is 0 Å². The predicted octanol–water partition coefficient (Wildman–Crippen LogP) is 1.60. The highest BCUT2D eigenvalue weighted by molar-refractivity contribution is 5.79. The Morgan fingerprint density at radius 2 is 2.00 bits per heavy atom. The Balaban J connectivity index is 2.62. The number of carbonyl (C=O) groups excluding carboxylic acids is 1. The van der Waals surface area contributed by atoms with Crippen LogP contribution in [0.3, 0.4) is 0 Å². The summed E-state index contributed by atoms with van der Waals surface area (Å²) in [6.07, 6.45) is 1.36. The monoisotopic (exact) mass is 220 g/mol. The molecule has 3 heteroatoms. The molecule has 0 bridgehead atoms. The number of nitrogens with one attached hydrogen (secondary N) is 1. The third kappa shape index (κ3) is 3.66. The lowest BCUT2D eigenvalue weighted by atomic mass is 10.0. The minimum atomic E-state index is 0.0650. The quantitative estimate of drug-likeness (QED) is 0.792. The number of hydrogen-bond donors (Lipinski definition) is 2. The van der Waals surface area contributed by atoms with Gasteiger partial charge in [-0.2, -0.15) is 0 Å². The lowest BCUT2D eigenvalue weighted by Crippen LogP contribution is -2.33. The van der Waals surface area contributed by atoms with Gasteiger partial charge in [0, 0.05) is 12.6 Å². The Hall–Kier alpha value is -1.35. The number of benzene rings is 1. The molecule has 88 valence electrons. The van der Waals surface area contributed by atoms with E-state index in [0.717, 1.165) is 17.5 Å². The average molecular weight is 220 g/mol. The van der Waals surface area contributed by atoms with Gasteiger partial charge in [-0.1, -0.05) is 31.2 Å². The molecule has 1 aromatic rings. The van der Waals surface area contributed by atoms with Crippen LogP contribution in [0.2, 0.25) is 0 Å². The van der Waals surface area contributed by atoms with Gasteiger partial charge in [0.05, 0.1) is 6.42 Å². The van der Waals surface area contributed by atoms with Crippen molar-refractivity contribution in [1.82, 2.24) is 5.32 Å². The first-order valence-corrected chi connectivity index (χ1v) is 5.73. The smallest absolute Gasteiger partial charge is 0.224 e. The Morgan fingerprint density at radius 3 is 2.56 bits per heavy atom. The summed E-state index contributed by atoms with van der Waals surface area (Å²) in [6.45, 7) is 4.54. The van der Waals surface area contributed by atoms with Gasteiger partial charge < -0.3 is 11.1 Å². The van der Waals surface area contributed by atoms with Crippen molar-refractivity contribution in [3.8, 4) is 0 Å². The van der Waals surface area contributed by atoms with E-state index in [4.69, 9.17) is 5.73 Å². The summed E-state index contributed by atoms with van der Waals surface area (Å²) in [6, 6.07) is 8.03. The lowest BCUT2D eigenvalue weighted by molar-refractivity contribution is -0.121. The molecule has 1 amide bonds. The summed E-state index contributed by atoms with van der Waals surface area (Å²) in [4.78, 5) is 11.7. The van der Waals surface area contributed by atoms with Crippen molar-refractivity contribution in [2.45, 2.75) is 39.3 Å². The van der Waals surface area contributed by atoms with E-state index in [1.807, 2.05) is 31.2 Å². The summed E-state index contributed by atoms with van der Waals surface area (Å²) >= 11 is 0. The van der Waals surface area contributed by atoms with E-state index in [2.05, 4.69) is 12.2 Å². The van der Waals surface area contributed by atoms with E-state index in [1.54, 1.807) is 0 Å². The van der Waals surface area contributed by atoms with Crippen LogP contribution < -0.4 is 11.1 Å². The molecule has 0 saturated heterocycles. The first kappa shape index (κ1) is 12.7. The van der Waals surface area contributed by atoms with Crippen molar-refractivity contribution >= 4 is 5.91 Å². The van der Waals surface area contributed by atoms with Gasteiger partial charge >= 0.3 is 0 Å². The van der Waals surface area contributed by atoms with Crippen molar-refractivity contribution in [2.24, 2.45) is 5.73 Å². The van der Waals surface area contributed by atoms with Gasteiger partial charge in [-0.05, 0) is 24.5 Å². The predicted molar refractivity (Wildman–Crippen MR) is 65.9 cm³/mol. The first-order chi connectivity index (χ1) is 7.67. The Morgan fingerprint density at radius 1 is 1.38 bits per heavy atom. The van der Waals surface area contributed by atoms with Crippen LogP contribution in [0.5, 0.6) is 0 Å². The fraction of sp³-hybridized carbons (Fsp3) is 0.462. The molecule has 1 unspecified atom stereocenters. The normalized spacial score (nSPS) is 12.2. The van der Waals surface area contributed by atoms with Gasteiger partial charge in [-0.3, -0.25) is 4.79 Å². The van der Waals surface area contributed by atoms with Crippen LogP contribution in [0, 0.1) is 0 Å². The minimum absolute atomic E-state index is 0.0650. The average Bonchev–Trinajstić information content (AvgIpc) is 2.29. The maximum absolute atomic E-state index is 11.7. The van der Waals surface area contributed by atoms with Crippen LogP contribution in [0.15, 0.2) is 24.3 Å². The molecule has 1 atom stereocenters. The molecule has 3 nitrogen and oxygen atoms in total. The molecule has 0 aliphatic heterocycles. The van der Waals surface area contributed by atoms with Crippen molar-refractivity contribution in [1.29, 1.82) is 0 Å². The molecule has 1 rings (SSSR count). The molecule has 0 saturated carbocycles. The second-order valence-corrected chi connectivity index (χ2v) is 4.03. The summed E-state index contributed by atoms with van der Waals surface area (Å²) in [7, 11) is 0. The van der Waals surface area contributed by atoms with Crippen molar-refractivity contribution in [3.63, 3.8) is 0 Å². The maximum Gasteiger partial charge on any atom is 0.224 e. The van der Waals surface area contributed by atoms with Crippen LogP contribution in [0.1, 0.15) is 31.4 Å². The largest absolute Gasteiger partial charge is 0.353 e. The van der Waals surface area contributed by atoms with Crippen LogP contribution in [0.4, 0.5) is 0 Å². The first-order valence-electron chi connectivity index (χ1n) is 5.73. The molecule has 0 spiro atoms. The second-order valence-electron chi connectivity index (χ2n) is 4.03. The molecule has 0 heterocycles. The Kier molecular flexibility index (Phi) is 4.99. The zero-order valence-corrected chi connectivity index (χ0v) is 9.99. The molecular formula is C13H20N2O. The zero-order chi connectivity index (χ0) is 12.0. The molecule has 3 N–H and O–H groups in total. The standard InChI is InChI=1S/C13H20N2O/c1-3-10(2)15-13(16)8-11-6-4-5-7-12(11)9-14/h4-7,10H,3,8-9,14H2,1-2H3,(H,15,16). The number of amides is 1. The van der Waals surface area contributed by atoms with Gasteiger partial charge in [0.15, 0.2) is 0 Å². The molecular weight excluding hydrogens is 200 g/mol. The van der Waals surface area contributed by atoms with Crippen LogP contribution in [-0.4, -0.2) is 11.9 Å². The van der Waals surface area contributed by atoms with Crippen molar-refractivity contribution < 1.29 is 4.79 Å². The summed E-state index contributed by atoms with van der Waals surface area (Å²) in [5, 5.41) is 2.95. The van der Waals surface area contributed by atoms with E-state index in [9.17, 15) is 4.79 Å². The molecule has 0 fully saturated rings. The van der Waals surface area contributed by atoms with Crippen LogP contribution in [-0.2, 0) is 17.8 Å². The maximum atomic E-state index is 11.7. The van der Waals surface area contributed by atoms with E-state index in [-0.39, 0.29) is 11.9 Å². The molecule has 16 heavy (non-hydrogen) atoms. The fourth-order valence-electron chi connectivity index (χ4n) is 1.53. The van der Waals surface area contributed by atoms with Gasteiger partial charge in [-0.25, -0.2) is 0 Å². The van der Waals surface area contributed by atoms with E-state index in [1.165, 1.54) is 0 Å². The molecule has 0 aliphatic carbocycles. The number of rotatable bonds is 5. The minimum Gasteiger partial charge on any atom is -0.353 e. The third-order valence-corrected chi connectivity index (χ3v) is 2.71. The topological polar surface area (TPSA) is 55.1 Å². The SMILES string of the molecule is CCC(C)NC(=O)Cc1ccccc1CN. The van der Waals surface area contributed by atoms with E-state index in [0.29, 0.717) is 13.0 Å². The molecule has 0 aromatic heterocycles. The molecule has 0 radical (unpaired) electrons. The van der Waals surface area contributed by atoms with E-state index < -0.39 is 0 Å². The van der Waals surface area contributed by atoms with Crippen LogP contribution >= 0.6 is 0 Å². The van der Waals surface area contributed by atoms with Crippen molar-refractivity contribution in [3.05, 3.63) is 35.4 Å². The van der Waals surface area contributed by atoms with Gasteiger partial charge in [0.1, 0.15) is 0 Å². The lowest BCUT2D eigenvalue weighted by Gasteiger charge is -2.12. The summed E-state index contributed by atoms with van der Waals surface area (Å²) < 4.78 is 0. The Labute approximate surface area is 97.0 Å².